The summed E-state index contributed by atoms with van der Waals surface area (Å²) in [5, 5.41) is 0. The van der Waals surface area contributed by atoms with Crippen LogP contribution in [0.1, 0.15) is 78.1 Å². The summed E-state index contributed by atoms with van der Waals surface area (Å²) in [5.41, 5.74) is 4.85. The van der Waals surface area contributed by atoms with Gasteiger partial charge in [-0.3, -0.25) is 14.4 Å². The molecule has 0 radical (unpaired) electrons. The number of hydroxylamine groups is 1. The van der Waals surface area contributed by atoms with Crippen LogP contribution in [0.5, 0.6) is 5.75 Å². The predicted octanol–water partition coefficient (Wildman–Crippen LogP) is 4.72. The van der Waals surface area contributed by atoms with Crippen LogP contribution in [0.3, 0.4) is 0 Å². The molecule has 2 aromatic carbocycles. The molecule has 7 heteroatoms. The standard InChI is InChI=1S/C27H29NO6/c1-4-24(30)34-28-23(29)12-8-7-9-20(18-13-15-19(33-3)16-14-18)25-17(2)26(31)21-10-5-6-11-22(21)27(25)32/h5-6,10-11,13-16,20H,4,7-9,12H2,1-3H3,(H,28,29). The summed E-state index contributed by atoms with van der Waals surface area (Å²) in [4.78, 5) is 54.3. The van der Waals surface area contributed by atoms with Gasteiger partial charge in [-0.2, -0.15) is 5.48 Å². The fraction of sp³-hybridized carbons (Fsp3) is 0.333. The number of methoxy groups -OCH3 is 1. The molecule has 1 aliphatic rings. The van der Waals surface area contributed by atoms with Gasteiger partial charge >= 0.3 is 5.97 Å². The summed E-state index contributed by atoms with van der Waals surface area (Å²) in [5.74, 6) is -0.773. The van der Waals surface area contributed by atoms with E-state index in [4.69, 9.17) is 4.74 Å². The van der Waals surface area contributed by atoms with Crippen LogP contribution in [-0.4, -0.2) is 30.6 Å². The van der Waals surface area contributed by atoms with E-state index in [2.05, 4.69) is 10.3 Å². The zero-order chi connectivity index (χ0) is 24.7. The second-order valence-electron chi connectivity index (χ2n) is 8.17. The zero-order valence-electron chi connectivity index (χ0n) is 19.7. The van der Waals surface area contributed by atoms with E-state index in [9.17, 15) is 19.2 Å². The molecule has 2 aromatic rings. The number of benzene rings is 2. The number of Topliss-reactive ketones (excluding diaryl/α,β-unsaturated/α-hetero) is 2. The van der Waals surface area contributed by atoms with Gasteiger partial charge in [0, 0.05) is 41.0 Å². The highest BCUT2D eigenvalue weighted by Gasteiger charge is 2.34. The summed E-state index contributed by atoms with van der Waals surface area (Å²) >= 11 is 0. The molecule has 1 N–H and O–H groups in total. The number of fused-ring (bicyclic) bond motifs is 1. The Morgan fingerprint density at radius 3 is 2.21 bits per heavy atom. The lowest BCUT2D eigenvalue weighted by Gasteiger charge is -2.26. The van der Waals surface area contributed by atoms with Gasteiger partial charge in [0.1, 0.15) is 5.75 Å². The molecule has 0 heterocycles. The number of ether oxygens (including phenoxy) is 1. The first-order valence-corrected chi connectivity index (χ1v) is 11.4. The third-order valence-corrected chi connectivity index (χ3v) is 5.99. The average molecular weight is 464 g/mol. The summed E-state index contributed by atoms with van der Waals surface area (Å²) in [7, 11) is 1.59. The molecule has 1 amide bonds. The van der Waals surface area contributed by atoms with Gasteiger partial charge in [-0.15, -0.1) is 0 Å². The molecule has 1 atom stereocenters. The first-order chi connectivity index (χ1) is 16.4. The molecular weight excluding hydrogens is 434 g/mol. The minimum atomic E-state index is -0.504. The zero-order valence-corrected chi connectivity index (χ0v) is 19.7. The van der Waals surface area contributed by atoms with Crippen molar-refractivity contribution in [3.05, 3.63) is 76.4 Å². The lowest BCUT2D eigenvalue weighted by Crippen LogP contribution is -2.26. The minimum Gasteiger partial charge on any atom is -0.497 e. The van der Waals surface area contributed by atoms with Gasteiger partial charge in [-0.05, 0) is 37.5 Å². The van der Waals surface area contributed by atoms with Gasteiger partial charge in [0.15, 0.2) is 11.6 Å². The highest BCUT2D eigenvalue weighted by molar-refractivity contribution is 6.27. The Kier molecular flexibility index (Phi) is 8.35. The number of rotatable bonds is 9. The topological polar surface area (TPSA) is 98.8 Å². The van der Waals surface area contributed by atoms with Gasteiger partial charge in [0.25, 0.3) is 5.91 Å². The minimum absolute atomic E-state index is 0.138. The fourth-order valence-electron chi connectivity index (χ4n) is 4.12. The molecule has 178 valence electrons. The Labute approximate surface area is 199 Å². The summed E-state index contributed by atoms with van der Waals surface area (Å²) in [6.07, 6.45) is 2.09. The number of ketones is 2. The number of allylic oxidation sites excluding steroid dienone is 2. The molecule has 0 bridgehead atoms. The predicted molar refractivity (Wildman–Crippen MR) is 127 cm³/mol. The fourth-order valence-corrected chi connectivity index (χ4v) is 4.12. The van der Waals surface area contributed by atoms with Gasteiger partial charge in [-0.25, -0.2) is 4.79 Å². The maximum absolute atomic E-state index is 13.5. The summed E-state index contributed by atoms with van der Waals surface area (Å²) in [6.45, 7) is 3.34. The van der Waals surface area contributed by atoms with Crippen LogP contribution in [0.15, 0.2) is 59.7 Å². The van der Waals surface area contributed by atoms with Gasteiger partial charge in [0.2, 0.25) is 0 Å². The number of unbranched alkanes of at least 4 members (excludes halogenated alkanes) is 1. The van der Waals surface area contributed by atoms with E-state index in [1.54, 1.807) is 45.2 Å². The van der Waals surface area contributed by atoms with E-state index in [0.717, 1.165) is 5.56 Å². The second kappa shape index (κ2) is 11.4. The molecule has 0 spiro atoms. The van der Waals surface area contributed by atoms with Crippen LogP contribution in [-0.2, 0) is 14.4 Å². The third kappa shape index (κ3) is 5.60. The Balaban J connectivity index is 1.80. The molecule has 0 fully saturated rings. The van der Waals surface area contributed by atoms with Gasteiger partial charge < -0.3 is 9.57 Å². The number of carbonyl (C=O) groups is 4. The van der Waals surface area contributed by atoms with E-state index >= 15 is 0 Å². The van der Waals surface area contributed by atoms with Crippen LogP contribution < -0.4 is 10.2 Å². The van der Waals surface area contributed by atoms with Crippen molar-refractivity contribution in [1.82, 2.24) is 5.48 Å². The van der Waals surface area contributed by atoms with Crippen molar-refractivity contribution < 1.29 is 28.8 Å². The molecule has 0 aliphatic heterocycles. The Morgan fingerprint density at radius 1 is 0.941 bits per heavy atom. The van der Waals surface area contributed by atoms with Crippen molar-refractivity contribution in [2.45, 2.75) is 51.9 Å². The van der Waals surface area contributed by atoms with E-state index in [0.29, 0.717) is 47.3 Å². The second-order valence-corrected chi connectivity index (χ2v) is 8.17. The van der Waals surface area contributed by atoms with Crippen molar-refractivity contribution in [2.24, 2.45) is 0 Å². The van der Waals surface area contributed by atoms with Gasteiger partial charge in [0.05, 0.1) is 7.11 Å². The lowest BCUT2D eigenvalue weighted by atomic mass is 9.75. The Bertz CT molecular complexity index is 1120. The van der Waals surface area contributed by atoms with Crippen molar-refractivity contribution in [1.29, 1.82) is 0 Å². The molecule has 0 saturated carbocycles. The molecule has 1 aliphatic carbocycles. The number of carbonyl (C=O) groups excluding carboxylic acids is 4. The molecule has 34 heavy (non-hydrogen) atoms. The van der Waals surface area contributed by atoms with E-state index in [-0.39, 0.29) is 36.2 Å². The monoisotopic (exact) mass is 463 g/mol. The molecule has 1 unspecified atom stereocenters. The smallest absolute Gasteiger partial charge is 0.331 e. The quantitative estimate of drug-likeness (QED) is 0.427. The lowest BCUT2D eigenvalue weighted by molar-refractivity contribution is -0.158. The van der Waals surface area contributed by atoms with Gasteiger partial charge in [-0.1, -0.05) is 49.7 Å². The average Bonchev–Trinajstić information content (AvgIpc) is 2.87. The molecule has 7 nitrogen and oxygen atoms in total. The van der Waals surface area contributed by atoms with Crippen LogP contribution in [0.25, 0.3) is 0 Å². The van der Waals surface area contributed by atoms with Crippen LogP contribution in [0, 0.1) is 0 Å². The first kappa shape index (κ1) is 24.9. The maximum atomic E-state index is 13.5. The largest absolute Gasteiger partial charge is 0.497 e. The van der Waals surface area contributed by atoms with Crippen molar-refractivity contribution in [2.75, 3.05) is 7.11 Å². The van der Waals surface area contributed by atoms with Crippen molar-refractivity contribution in [3.63, 3.8) is 0 Å². The van der Waals surface area contributed by atoms with Crippen molar-refractivity contribution in [3.8, 4) is 5.75 Å². The van der Waals surface area contributed by atoms with E-state index < -0.39 is 5.97 Å². The van der Waals surface area contributed by atoms with E-state index in [1.165, 1.54) is 0 Å². The van der Waals surface area contributed by atoms with Crippen molar-refractivity contribution >= 4 is 23.4 Å². The maximum Gasteiger partial charge on any atom is 0.331 e. The molecule has 3 rings (SSSR count). The molecule has 0 saturated heterocycles. The number of amides is 1. The number of hydrogen-bond donors (Lipinski definition) is 1. The summed E-state index contributed by atoms with van der Waals surface area (Å²) < 4.78 is 5.26. The van der Waals surface area contributed by atoms with Crippen LogP contribution in [0.4, 0.5) is 0 Å². The highest BCUT2D eigenvalue weighted by atomic mass is 16.7. The Morgan fingerprint density at radius 2 is 1.59 bits per heavy atom. The first-order valence-electron chi connectivity index (χ1n) is 11.4. The SMILES string of the molecule is CCC(=O)ONC(=O)CCCCC(C1=C(C)C(=O)c2ccccc2C1=O)c1ccc(OC)cc1. The van der Waals surface area contributed by atoms with Crippen LogP contribution >= 0.6 is 0 Å². The number of hydrogen-bond acceptors (Lipinski definition) is 6. The molecule has 0 aromatic heterocycles. The van der Waals surface area contributed by atoms with E-state index in [1.807, 2.05) is 24.3 Å². The normalized spacial score (nSPS) is 13.9. The number of nitrogens with one attached hydrogen (secondary N) is 1. The summed E-state index contributed by atoms with van der Waals surface area (Å²) in [6, 6.07) is 14.4. The Hall–Kier alpha value is -3.74. The molecular formula is C27H29NO6. The third-order valence-electron chi connectivity index (χ3n) is 5.99. The highest BCUT2D eigenvalue weighted by Crippen LogP contribution is 2.38. The van der Waals surface area contributed by atoms with Crippen LogP contribution in [0.2, 0.25) is 0 Å².